The van der Waals surface area contributed by atoms with Gasteiger partial charge in [0.25, 0.3) is 16.0 Å². The molecular formula is C27H22Cl2N3NaO6S. The zero-order valence-electron chi connectivity index (χ0n) is 21.7. The maximum Gasteiger partial charge on any atom is 1.00 e. The fourth-order valence-electron chi connectivity index (χ4n) is 3.89. The van der Waals surface area contributed by atoms with Crippen LogP contribution in [0.5, 0.6) is 11.5 Å². The number of ether oxygens (including phenoxy) is 1. The topological polar surface area (TPSA) is 140 Å². The summed E-state index contributed by atoms with van der Waals surface area (Å²) in [7, 11) is -4.68. The predicted octanol–water partition coefficient (Wildman–Crippen LogP) is 4.10. The van der Waals surface area contributed by atoms with Crippen LogP contribution in [0.1, 0.15) is 29.8 Å². The van der Waals surface area contributed by atoms with E-state index in [0.717, 1.165) is 0 Å². The van der Waals surface area contributed by atoms with Crippen molar-refractivity contribution in [3.8, 4) is 11.5 Å². The Morgan fingerprint density at radius 2 is 1.77 bits per heavy atom. The Morgan fingerprint density at radius 1 is 1.05 bits per heavy atom. The van der Waals surface area contributed by atoms with Crippen LogP contribution in [0.15, 0.2) is 75.8 Å². The van der Waals surface area contributed by atoms with Crippen molar-refractivity contribution in [3.05, 3.63) is 81.8 Å². The summed E-state index contributed by atoms with van der Waals surface area (Å²) in [6.45, 7) is 3.87. The van der Waals surface area contributed by atoms with Crippen molar-refractivity contribution < 1.29 is 57.2 Å². The molecule has 0 bridgehead atoms. The number of aryl methyl sites for hydroxylation is 1. The monoisotopic (exact) mass is 609 g/mol. The van der Waals surface area contributed by atoms with Crippen LogP contribution in [-0.2, 0) is 16.5 Å². The number of carbonyl (C=O) groups excluding carboxylic acids is 1. The molecule has 202 valence electrons. The van der Waals surface area contributed by atoms with E-state index >= 15 is 0 Å². The first-order valence-electron chi connectivity index (χ1n) is 11.7. The molecule has 0 spiro atoms. The van der Waals surface area contributed by atoms with Crippen LogP contribution in [0.25, 0.3) is 10.8 Å². The molecule has 0 fully saturated rings. The molecule has 4 rings (SSSR count). The normalized spacial score (nSPS) is 11.4. The van der Waals surface area contributed by atoms with Crippen molar-refractivity contribution in [1.29, 1.82) is 0 Å². The van der Waals surface area contributed by atoms with Gasteiger partial charge >= 0.3 is 29.6 Å². The van der Waals surface area contributed by atoms with E-state index in [1.54, 1.807) is 56.3 Å². The second-order valence-electron chi connectivity index (χ2n) is 8.29. The summed E-state index contributed by atoms with van der Waals surface area (Å²) in [4.78, 5) is 12.7. The van der Waals surface area contributed by atoms with E-state index in [-0.39, 0.29) is 51.5 Å². The maximum atomic E-state index is 13.5. The second-order valence-corrected chi connectivity index (χ2v) is 10.5. The van der Waals surface area contributed by atoms with Gasteiger partial charge in [-0.15, -0.1) is 5.11 Å². The number of halogens is 2. The van der Waals surface area contributed by atoms with E-state index in [9.17, 15) is 22.9 Å². The third-order valence-corrected chi connectivity index (χ3v) is 7.23. The standard InChI is InChI=1S/C27H23Cl2N3O6S.Na/c1-3-15-12-24(39(35,36)37)22(14-20(15)29)31-32-25-18-8-6-5-7-16(18)11-19(26(25)33)27(34)30-21-10-9-17(28)13-23(21)38-4-2;/h5-14,33H,3-4H2,1-2H3,(H,30,34)(H,35,36,37);/q;+1/p-1. The number of hydrogen-bond acceptors (Lipinski definition) is 7. The van der Waals surface area contributed by atoms with Crippen molar-refractivity contribution in [2.24, 2.45) is 10.2 Å². The molecule has 2 N–H and O–H groups in total. The average molecular weight is 610 g/mol. The molecule has 0 saturated heterocycles. The Labute approximate surface area is 263 Å². The third-order valence-electron chi connectivity index (χ3n) is 5.76. The number of amides is 1. The van der Waals surface area contributed by atoms with Gasteiger partial charge in [-0.25, -0.2) is 0 Å². The number of azo groups is 1. The van der Waals surface area contributed by atoms with Crippen LogP contribution in [0.2, 0.25) is 10.0 Å². The summed E-state index contributed by atoms with van der Waals surface area (Å²) in [6, 6.07) is 15.3. The predicted molar refractivity (Wildman–Crippen MR) is 149 cm³/mol. The average Bonchev–Trinajstić information content (AvgIpc) is 2.88. The van der Waals surface area contributed by atoms with Crippen LogP contribution in [0, 0.1) is 0 Å². The van der Waals surface area contributed by atoms with E-state index in [4.69, 9.17) is 27.9 Å². The van der Waals surface area contributed by atoms with Gasteiger partial charge in [0.2, 0.25) is 0 Å². The number of nitrogens with one attached hydrogen (secondary N) is 1. The summed E-state index contributed by atoms with van der Waals surface area (Å²) >= 11 is 12.3. The molecule has 0 aliphatic rings. The van der Waals surface area contributed by atoms with Crippen LogP contribution >= 0.6 is 23.2 Å². The molecule has 0 heterocycles. The molecule has 0 radical (unpaired) electrons. The Hall–Kier alpha value is -2.70. The van der Waals surface area contributed by atoms with E-state index in [2.05, 4.69) is 15.5 Å². The minimum atomic E-state index is -4.68. The summed E-state index contributed by atoms with van der Waals surface area (Å²) < 4.78 is 39.3. The summed E-state index contributed by atoms with van der Waals surface area (Å²) in [5.74, 6) is -1.14. The zero-order chi connectivity index (χ0) is 28.3. The SMILES string of the molecule is CCOc1cc(Cl)ccc1NC(=O)c1cc2ccccc2c(N=Nc2cc(Cl)c(CC)cc2S(=O)(=O)O)c1[O-].[Na+]. The molecule has 0 atom stereocenters. The number of carbonyl (C=O) groups is 1. The van der Waals surface area contributed by atoms with Gasteiger partial charge in [0.05, 0.1) is 18.0 Å². The molecule has 1 amide bonds. The minimum Gasteiger partial charge on any atom is -0.870 e. The molecule has 9 nitrogen and oxygen atoms in total. The van der Waals surface area contributed by atoms with Gasteiger partial charge < -0.3 is 15.2 Å². The van der Waals surface area contributed by atoms with Gasteiger partial charge in [-0.2, -0.15) is 13.5 Å². The molecule has 4 aromatic rings. The fourth-order valence-corrected chi connectivity index (χ4v) is 4.99. The molecule has 13 heteroatoms. The number of benzene rings is 4. The van der Waals surface area contributed by atoms with E-state index < -0.39 is 26.7 Å². The first kappa shape index (κ1) is 31.8. The molecule has 0 saturated carbocycles. The summed E-state index contributed by atoms with van der Waals surface area (Å²) in [5.41, 5.74) is 0.0993. The number of fused-ring (bicyclic) bond motifs is 1. The van der Waals surface area contributed by atoms with Gasteiger partial charge in [-0.3, -0.25) is 9.35 Å². The van der Waals surface area contributed by atoms with Crippen LogP contribution in [0.3, 0.4) is 0 Å². The summed E-state index contributed by atoms with van der Waals surface area (Å²) in [5, 5.41) is 25.7. The van der Waals surface area contributed by atoms with E-state index in [1.807, 2.05) is 0 Å². The van der Waals surface area contributed by atoms with Crippen LogP contribution in [0.4, 0.5) is 17.1 Å². The molecule has 40 heavy (non-hydrogen) atoms. The Bertz CT molecular complexity index is 1730. The smallest absolute Gasteiger partial charge is 0.870 e. The molecule has 0 aliphatic heterocycles. The second kappa shape index (κ2) is 13.3. The minimum absolute atomic E-state index is 0. The Kier molecular flexibility index (Phi) is 10.6. The van der Waals surface area contributed by atoms with Gasteiger partial charge in [0, 0.05) is 27.1 Å². The molecule has 0 aromatic heterocycles. The molecule has 0 unspecified atom stereocenters. The van der Waals surface area contributed by atoms with Gasteiger partial charge in [-0.1, -0.05) is 60.1 Å². The van der Waals surface area contributed by atoms with Crippen molar-refractivity contribution in [3.63, 3.8) is 0 Å². The van der Waals surface area contributed by atoms with Crippen molar-refractivity contribution in [2.75, 3.05) is 11.9 Å². The Morgan fingerprint density at radius 3 is 2.45 bits per heavy atom. The number of nitrogens with zero attached hydrogens (tertiary/aromatic N) is 2. The van der Waals surface area contributed by atoms with Crippen molar-refractivity contribution in [2.45, 2.75) is 25.2 Å². The molecule has 0 aliphatic carbocycles. The van der Waals surface area contributed by atoms with Gasteiger partial charge in [0.15, 0.2) is 0 Å². The fraction of sp³-hybridized carbons (Fsp3) is 0.148. The van der Waals surface area contributed by atoms with Crippen LogP contribution < -0.4 is 44.7 Å². The quantitative estimate of drug-likeness (QED) is 0.175. The summed E-state index contributed by atoms with van der Waals surface area (Å²) in [6.07, 6.45) is 0.407. The van der Waals surface area contributed by atoms with Crippen molar-refractivity contribution in [1.82, 2.24) is 0 Å². The maximum absolute atomic E-state index is 13.5. The van der Waals surface area contributed by atoms with Gasteiger partial charge in [-0.05, 0) is 54.6 Å². The number of anilines is 1. The number of hydrogen-bond donors (Lipinski definition) is 2. The zero-order valence-corrected chi connectivity index (χ0v) is 26.1. The van der Waals surface area contributed by atoms with Crippen LogP contribution in [-0.4, -0.2) is 25.5 Å². The molecule has 4 aromatic carbocycles. The first-order chi connectivity index (χ1) is 18.5. The first-order valence-corrected chi connectivity index (χ1v) is 13.9. The third kappa shape index (κ3) is 6.95. The molecular weight excluding hydrogens is 588 g/mol. The largest absolute Gasteiger partial charge is 1.00 e. The number of rotatable bonds is 8. The van der Waals surface area contributed by atoms with E-state index in [1.165, 1.54) is 18.2 Å². The Balaban J connectivity index is 0.00000441. The van der Waals surface area contributed by atoms with Crippen molar-refractivity contribution >= 4 is 67.1 Å². The van der Waals surface area contributed by atoms with Gasteiger partial charge in [0.1, 0.15) is 16.3 Å². The van der Waals surface area contributed by atoms with E-state index in [0.29, 0.717) is 45.8 Å².